The zero-order chi connectivity index (χ0) is 22.4. The summed E-state index contributed by atoms with van der Waals surface area (Å²) in [6, 6.07) is 12.4. The lowest BCUT2D eigenvalue weighted by atomic mass is 9.93. The summed E-state index contributed by atoms with van der Waals surface area (Å²) in [7, 11) is 1.57. The largest absolute Gasteiger partial charge is 0.508 e. The molecule has 0 aliphatic carbocycles. The summed E-state index contributed by atoms with van der Waals surface area (Å²) < 4.78 is 13.5. The van der Waals surface area contributed by atoms with E-state index in [2.05, 4.69) is 12.6 Å². The summed E-state index contributed by atoms with van der Waals surface area (Å²) in [5, 5.41) is 9.54. The van der Waals surface area contributed by atoms with Crippen LogP contribution in [0.3, 0.4) is 0 Å². The van der Waals surface area contributed by atoms with E-state index in [0.717, 1.165) is 34.6 Å². The van der Waals surface area contributed by atoms with Crippen molar-refractivity contribution >= 4 is 17.4 Å². The van der Waals surface area contributed by atoms with Crippen LogP contribution in [0.4, 0.5) is 0 Å². The third kappa shape index (κ3) is 3.35. The average molecular weight is 447 g/mol. The van der Waals surface area contributed by atoms with Gasteiger partial charge in [-0.1, -0.05) is 42.2 Å². The topological polar surface area (TPSA) is 73.0 Å². The highest BCUT2D eigenvalue weighted by molar-refractivity contribution is 7.07. The molecule has 0 spiro atoms. The van der Waals surface area contributed by atoms with E-state index >= 15 is 0 Å². The Hall–Kier alpha value is -3.58. The number of phenolic OH excluding ortho intramolecular Hbond substituents is 1. The quantitative estimate of drug-likeness (QED) is 0.626. The number of nitrogens with zero attached hydrogens (tertiary/aromatic N) is 2. The molecule has 1 unspecified atom stereocenters. The van der Waals surface area contributed by atoms with Crippen LogP contribution in [0.2, 0.25) is 0 Å². The molecule has 7 heteroatoms. The van der Waals surface area contributed by atoms with Crippen LogP contribution in [-0.2, 0) is 11.2 Å². The minimum Gasteiger partial charge on any atom is -0.508 e. The van der Waals surface area contributed by atoms with Gasteiger partial charge in [-0.05, 0) is 47.9 Å². The minimum atomic E-state index is -0.421. The zero-order valence-corrected chi connectivity index (χ0v) is 18.6. The lowest BCUT2D eigenvalue weighted by Gasteiger charge is -2.26. The highest BCUT2D eigenvalue weighted by atomic mass is 32.1. The molecule has 0 saturated carbocycles. The van der Waals surface area contributed by atoms with Crippen LogP contribution >= 0.6 is 11.3 Å². The molecule has 0 amide bonds. The van der Waals surface area contributed by atoms with Gasteiger partial charge in [-0.2, -0.15) is 0 Å². The number of allylic oxidation sites excluding steroid dienone is 2. The molecule has 6 nitrogen and oxygen atoms in total. The molecule has 3 aromatic rings. The molecule has 0 bridgehead atoms. The van der Waals surface area contributed by atoms with Gasteiger partial charge in [0.25, 0.3) is 5.56 Å². The van der Waals surface area contributed by atoms with Gasteiger partial charge in [-0.3, -0.25) is 9.36 Å². The van der Waals surface area contributed by atoms with E-state index in [0.29, 0.717) is 21.7 Å². The maximum atomic E-state index is 13.6. The maximum absolute atomic E-state index is 13.6. The second-order valence-corrected chi connectivity index (χ2v) is 8.78. The highest BCUT2D eigenvalue weighted by Crippen LogP contribution is 2.37. The molecule has 2 aliphatic rings. The molecule has 162 valence electrons. The summed E-state index contributed by atoms with van der Waals surface area (Å²) in [6.07, 6.45) is 2.70. The van der Waals surface area contributed by atoms with Crippen molar-refractivity contribution in [2.24, 2.45) is 4.99 Å². The molecular formula is C25H22N2O4S. The van der Waals surface area contributed by atoms with Crippen LogP contribution in [0, 0.1) is 0 Å². The van der Waals surface area contributed by atoms with E-state index in [-0.39, 0.29) is 11.3 Å². The maximum Gasteiger partial charge on any atom is 0.271 e. The fraction of sp³-hybridized carbons (Fsp3) is 0.200. The number of aromatic hydroxyl groups is 1. The Bertz CT molecular complexity index is 1440. The molecule has 0 radical (unpaired) electrons. The van der Waals surface area contributed by atoms with E-state index in [1.54, 1.807) is 35.9 Å². The number of methoxy groups -OCH3 is 1. The number of ether oxygens (including phenoxy) is 2. The Balaban J connectivity index is 1.73. The molecule has 2 aromatic carbocycles. The Morgan fingerprint density at radius 1 is 1.31 bits per heavy atom. The second kappa shape index (κ2) is 7.84. The average Bonchev–Trinajstić information content (AvgIpc) is 3.37. The number of hydrogen-bond donors (Lipinski definition) is 1. The SMILES string of the molecule is C=C(OC)C1=C(C)N=c2s/c(=C\c3ccc(O)cc3)c(=O)n2C1c1ccc2c(c1)OCC2. The Morgan fingerprint density at radius 2 is 2.09 bits per heavy atom. The van der Waals surface area contributed by atoms with Gasteiger partial charge in [0.1, 0.15) is 17.3 Å². The molecule has 32 heavy (non-hydrogen) atoms. The summed E-state index contributed by atoms with van der Waals surface area (Å²) in [4.78, 5) is 18.9. The third-order valence-electron chi connectivity index (χ3n) is 5.80. The Morgan fingerprint density at radius 3 is 2.84 bits per heavy atom. The van der Waals surface area contributed by atoms with Crippen molar-refractivity contribution in [3.05, 3.63) is 102 Å². The van der Waals surface area contributed by atoms with Crippen molar-refractivity contribution in [3.8, 4) is 11.5 Å². The summed E-state index contributed by atoms with van der Waals surface area (Å²) in [5.41, 5.74) is 4.32. The zero-order valence-electron chi connectivity index (χ0n) is 17.8. The first-order valence-electron chi connectivity index (χ1n) is 10.3. The lowest BCUT2D eigenvalue weighted by molar-refractivity contribution is 0.293. The fourth-order valence-corrected chi connectivity index (χ4v) is 5.22. The highest BCUT2D eigenvalue weighted by Gasteiger charge is 2.31. The molecule has 1 atom stereocenters. The van der Waals surface area contributed by atoms with Gasteiger partial charge in [0.2, 0.25) is 0 Å². The first-order chi connectivity index (χ1) is 15.5. The van der Waals surface area contributed by atoms with Gasteiger partial charge < -0.3 is 14.6 Å². The van der Waals surface area contributed by atoms with Crippen LogP contribution < -0.4 is 19.6 Å². The van der Waals surface area contributed by atoms with Crippen LogP contribution in [0.5, 0.6) is 11.5 Å². The van der Waals surface area contributed by atoms with E-state index in [1.807, 2.05) is 25.1 Å². The number of phenols is 1. The molecule has 3 heterocycles. The van der Waals surface area contributed by atoms with E-state index < -0.39 is 6.04 Å². The molecule has 5 rings (SSSR count). The van der Waals surface area contributed by atoms with Crippen molar-refractivity contribution in [2.45, 2.75) is 19.4 Å². The van der Waals surface area contributed by atoms with Gasteiger partial charge in [0.05, 0.1) is 24.3 Å². The lowest BCUT2D eigenvalue weighted by Crippen LogP contribution is -2.38. The van der Waals surface area contributed by atoms with Crippen LogP contribution in [-0.4, -0.2) is 23.4 Å². The summed E-state index contributed by atoms with van der Waals surface area (Å²) >= 11 is 1.34. The standard InChI is InChI=1S/C25H22N2O4S/c1-14-22(15(2)30-3)23(18-7-6-17-10-11-31-20(17)13-18)27-24(29)21(32-25(27)26-14)12-16-4-8-19(28)9-5-16/h4-9,12-13,23,28H,2,10-11H2,1,3H3/b21-12-. The number of benzene rings is 2. The predicted molar refractivity (Wildman–Crippen MR) is 124 cm³/mol. The van der Waals surface area contributed by atoms with E-state index in [9.17, 15) is 9.90 Å². The van der Waals surface area contributed by atoms with Crippen molar-refractivity contribution in [3.63, 3.8) is 0 Å². The summed E-state index contributed by atoms with van der Waals surface area (Å²) in [6.45, 7) is 6.64. The number of rotatable bonds is 4. The minimum absolute atomic E-state index is 0.137. The first-order valence-corrected chi connectivity index (χ1v) is 11.1. The van der Waals surface area contributed by atoms with E-state index in [4.69, 9.17) is 14.5 Å². The number of aromatic nitrogens is 1. The molecule has 2 aliphatic heterocycles. The first kappa shape index (κ1) is 20.3. The molecule has 1 N–H and O–H groups in total. The molecular weight excluding hydrogens is 424 g/mol. The van der Waals surface area contributed by atoms with Crippen molar-refractivity contribution in [1.82, 2.24) is 4.57 Å². The van der Waals surface area contributed by atoms with Gasteiger partial charge in [-0.15, -0.1) is 0 Å². The van der Waals surface area contributed by atoms with Gasteiger partial charge in [-0.25, -0.2) is 4.99 Å². The second-order valence-electron chi connectivity index (χ2n) is 7.77. The van der Waals surface area contributed by atoms with E-state index in [1.165, 1.54) is 16.9 Å². The Labute approximate surface area is 188 Å². The predicted octanol–water partition coefficient (Wildman–Crippen LogP) is 3.04. The molecule has 0 fully saturated rings. The smallest absolute Gasteiger partial charge is 0.271 e. The van der Waals surface area contributed by atoms with Crippen molar-refractivity contribution in [2.75, 3.05) is 13.7 Å². The van der Waals surface area contributed by atoms with Crippen molar-refractivity contribution < 1.29 is 14.6 Å². The van der Waals surface area contributed by atoms with Crippen molar-refractivity contribution in [1.29, 1.82) is 0 Å². The number of fused-ring (bicyclic) bond motifs is 2. The summed E-state index contributed by atoms with van der Waals surface area (Å²) in [5.74, 6) is 1.51. The van der Waals surface area contributed by atoms with Crippen LogP contribution in [0.15, 0.2) is 75.9 Å². The van der Waals surface area contributed by atoms with Crippen LogP contribution in [0.1, 0.15) is 29.7 Å². The number of hydrogen-bond acceptors (Lipinski definition) is 6. The normalized spacial score (nSPS) is 17.4. The van der Waals surface area contributed by atoms with Crippen LogP contribution in [0.25, 0.3) is 6.08 Å². The number of thiazole rings is 1. The Kier molecular flexibility index (Phi) is 4.98. The molecule has 0 saturated heterocycles. The van der Waals surface area contributed by atoms with Gasteiger partial charge in [0, 0.05) is 17.7 Å². The monoisotopic (exact) mass is 446 g/mol. The van der Waals surface area contributed by atoms with Gasteiger partial charge >= 0.3 is 0 Å². The van der Waals surface area contributed by atoms with Gasteiger partial charge in [0.15, 0.2) is 4.80 Å². The fourth-order valence-electron chi connectivity index (χ4n) is 4.18. The third-order valence-corrected chi connectivity index (χ3v) is 6.78. The molecule has 1 aromatic heterocycles.